The van der Waals surface area contributed by atoms with E-state index in [1.807, 2.05) is 18.2 Å². The molecule has 2 aromatic rings. The van der Waals surface area contributed by atoms with Crippen molar-refractivity contribution in [2.75, 3.05) is 0 Å². The molecule has 2 saturated heterocycles. The van der Waals surface area contributed by atoms with Gasteiger partial charge in [0.1, 0.15) is 0 Å². The van der Waals surface area contributed by atoms with Crippen LogP contribution in [-0.4, -0.2) is 43.7 Å². The average molecular weight is 466 g/mol. The number of piperidine rings is 2. The molecule has 1 aliphatic carbocycles. The molecule has 0 radical (unpaired) electrons. The molecule has 2 aliphatic heterocycles. The molecule has 1 aromatic carbocycles. The van der Waals surface area contributed by atoms with Crippen LogP contribution < -0.4 is 5.56 Å². The molecule has 2 bridgehead atoms. The molecule has 34 heavy (non-hydrogen) atoms. The van der Waals surface area contributed by atoms with Crippen molar-refractivity contribution in [1.82, 2.24) is 14.5 Å². The molecule has 5 rings (SSSR count). The highest BCUT2D eigenvalue weighted by atomic mass is 16.4. The third kappa shape index (κ3) is 4.08. The van der Waals surface area contributed by atoms with Gasteiger partial charge >= 0.3 is 5.97 Å². The van der Waals surface area contributed by atoms with Gasteiger partial charge in [-0.15, -0.1) is 0 Å². The van der Waals surface area contributed by atoms with Crippen molar-refractivity contribution in [3.8, 4) is 0 Å². The van der Waals surface area contributed by atoms with Crippen LogP contribution in [0.2, 0.25) is 0 Å². The second kappa shape index (κ2) is 8.78. The monoisotopic (exact) mass is 465 g/mol. The maximum absolute atomic E-state index is 13.3. The van der Waals surface area contributed by atoms with E-state index in [0.29, 0.717) is 29.1 Å². The van der Waals surface area contributed by atoms with Crippen LogP contribution in [0.5, 0.6) is 0 Å². The lowest BCUT2D eigenvalue weighted by atomic mass is 9.79. The van der Waals surface area contributed by atoms with E-state index in [2.05, 4.69) is 37.6 Å². The fraction of sp³-hybridized carbons (Fsp3) is 0.679. The summed E-state index contributed by atoms with van der Waals surface area (Å²) < 4.78 is 1.76. The van der Waals surface area contributed by atoms with Crippen LogP contribution >= 0.6 is 0 Å². The molecule has 3 aliphatic rings. The molecule has 6 nitrogen and oxygen atoms in total. The molecule has 184 valence electrons. The third-order valence-electron chi connectivity index (χ3n) is 9.39. The van der Waals surface area contributed by atoms with Crippen LogP contribution in [0.1, 0.15) is 95.6 Å². The molecular weight excluding hydrogens is 426 g/mol. The van der Waals surface area contributed by atoms with Gasteiger partial charge in [0.05, 0.1) is 11.0 Å². The maximum atomic E-state index is 13.3. The summed E-state index contributed by atoms with van der Waals surface area (Å²) >= 11 is 0. The Balaban J connectivity index is 1.42. The molecule has 1 N–H and O–H groups in total. The topological polar surface area (TPSA) is 75.4 Å². The summed E-state index contributed by atoms with van der Waals surface area (Å²) in [5, 5.41) is 9.63. The summed E-state index contributed by atoms with van der Waals surface area (Å²) in [6.07, 6.45) is 9.28. The van der Waals surface area contributed by atoms with Gasteiger partial charge in [0.2, 0.25) is 5.69 Å². The van der Waals surface area contributed by atoms with Crippen molar-refractivity contribution in [2.45, 2.75) is 103 Å². The SMILES string of the molecule is C[C@@H]1C[C@H](C[C@H](C)N2[C@@H]3CCC[C@H]2CC(n2c(=O)c(C(=O)O)nc4ccccc42)C3)CC1(C)C. The number of aromatic carboxylic acids is 1. The highest BCUT2D eigenvalue weighted by molar-refractivity contribution is 5.88. The Morgan fingerprint density at radius 1 is 1.15 bits per heavy atom. The fourth-order valence-corrected chi connectivity index (χ4v) is 7.61. The quantitative estimate of drug-likeness (QED) is 0.631. The van der Waals surface area contributed by atoms with Crippen LogP contribution in [0.4, 0.5) is 0 Å². The van der Waals surface area contributed by atoms with Gasteiger partial charge in [-0.3, -0.25) is 9.69 Å². The van der Waals surface area contributed by atoms with Gasteiger partial charge < -0.3 is 9.67 Å². The molecule has 1 aromatic heterocycles. The first-order valence-electron chi connectivity index (χ1n) is 13.2. The van der Waals surface area contributed by atoms with Gasteiger partial charge in [-0.25, -0.2) is 9.78 Å². The van der Waals surface area contributed by atoms with Gasteiger partial charge in [-0.2, -0.15) is 0 Å². The lowest BCUT2D eigenvalue weighted by Crippen LogP contribution is -2.56. The number of carboxylic acids is 1. The van der Waals surface area contributed by atoms with E-state index in [-0.39, 0.29) is 11.7 Å². The van der Waals surface area contributed by atoms with Crippen LogP contribution in [-0.2, 0) is 0 Å². The normalized spacial score (nSPS) is 32.1. The highest BCUT2D eigenvalue weighted by Gasteiger charge is 2.44. The first kappa shape index (κ1) is 23.5. The zero-order valence-corrected chi connectivity index (χ0v) is 21.0. The number of rotatable bonds is 5. The zero-order valence-electron chi connectivity index (χ0n) is 21.0. The van der Waals surface area contributed by atoms with E-state index in [0.717, 1.165) is 43.0 Å². The number of hydrogen-bond acceptors (Lipinski definition) is 4. The van der Waals surface area contributed by atoms with Crippen molar-refractivity contribution >= 4 is 17.0 Å². The lowest BCUT2D eigenvalue weighted by Gasteiger charge is -2.52. The molecule has 1 unspecified atom stereocenters. The number of nitrogens with zero attached hydrogens (tertiary/aromatic N) is 3. The molecular formula is C28H39N3O3. The smallest absolute Gasteiger partial charge is 0.360 e. The number of benzene rings is 1. The fourth-order valence-electron chi connectivity index (χ4n) is 7.61. The third-order valence-corrected chi connectivity index (χ3v) is 9.39. The van der Waals surface area contributed by atoms with Crippen molar-refractivity contribution in [3.63, 3.8) is 0 Å². The van der Waals surface area contributed by atoms with E-state index >= 15 is 0 Å². The van der Waals surface area contributed by atoms with Crippen LogP contribution in [0.15, 0.2) is 29.1 Å². The molecule has 3 heterocycles. The summed E-state index contributed by atoms with van der Waals surface area (Å²) in [5.74, 6) is 0.332. The Bertz CT molecular complexity index is 1130. The van der Waals surface area contributed by atoms with E-state index in [4.69, 9.17) is 0 Å². The van der Waals surface area contributed by atoms with E-state index in [9.17, 15) is 14.7 Å². The first-order valence-corrected chi connectivity index (χ1v) is 13.2. The van der Waals surface area contributed by atoms with Crippen molar-refractivity contribution < 1.29 is 9.90 Å². The minimum absolute atomic E-state index is 0.0164. The minimum atomic E-state index is -1.25. The largest absolute Gasteiger partial charge is 0.476 e. The molecule has 3 fully saturated rings. The van der Waals surface area contributed by atoms with Gasteiger partial charge in [0.15, 0.2) is 0 Å². The Labute approximate surface area is 202 Å². The summed E-state index contributed by atoms with van der Waals surface area (Å²) in [5.41, 5.74) is 0.955. The second-order valence-corrected chi connectivity index (χ2v) is 12.0. The van der Waals surface area contributed by atoms with E-state index < -0.39 is 11.5 Å². The number of hydrogen-bond donors (Lipinski definition) is 1. The molecule has 0 amide bonds. The number of fused-ring (bicyclic) bond motifs is 3. The summed E-state index contributed by atoms with van der Waals surface area (Å²) in [4.78, 5) is 32.0. The Morgan fingerprint density at radius 2 is 1.82 bits per heavy atom. The number of aromatic nitrogens is 2. The summed E-state index contributed by atoms with van der Waals surface area (Å²) in [7, 11) is 0. The molecule has 6 heteroatoms. The predicted molar refractivity (Wildman–Crippen MR) is 134 cm³/mol. The highest BCUT2D eigenvalue weighted by Crippen LogP contribution is 2.48. The van der Waals surface area contributed by atoms with Gasteiger partial charge in [-0.05, 0) is 81.3 Å². The van der Waals surface area contributed by atoms with Crippen LogP contribution in [0.3, 0.4) is 0 Å². The maximum Gasteiger partial charge on any atom is 0.360 e. The van der Waals surface area contributed by atoms with E-state index in [1.54, 1.807) is 10.6 Å². The molecule has 1 saturated carbocycles. The average Bonchev–Trinajstić information content (AvgIpc) is 3.02. The van der Waals surface area contributed by atoms with Crippen molar-refractivity contribution in [3.05, 3.63) is 40.3 Å². The Morgan fingerprint density at radius 3 is 2.44 bits per heavy atom. The van der Waals surface area contributed by atoms with Crippen LogP contribution in [0, 0.1) is 17.3 Å². The van der Waals surface area contributed by atoms with Crippen molar-refractivity contribution in [2.24, 2.45) is 17.3 Å². The Kier molecular flexibility index (Phi) is 6.07. The van der Waals surface area contributed by atoms with Crippen molar-refractivity contribution in [1.29, 1.82) is 0 Å². The first-order chi connectivity index (χ1) is 16.2. The summed E-state index contributed by atoms with van der Waals surface area (Å²) in [6.45, 7) is 9.67. The zero-order chi connectivity index (χ0) is 24.2. The lowest BCUT2D eigenvalue weighted by molar-refractivity contribution is -0.0186. The standard InChI is InChI=1S/C28H39N3O3/c1-17-12-19(16-28(17,3)4)13-18(2)30-20-8-7-9-21(30)15-22(14-20)31-24-11-6-5-10-23(24)29-25(26(31)32)27(33)34/h5-6,10-11,17-22H,7-9,12-16H2,1-4H3,(H,33,34)/t17-,18+,19-,20-,21+,22?/m1/s1. The van der Waals surface area contributed by atoms with Gasteiger partial charge in [0.25, 0.3) is 5.56 Å². The predicted octanol–water partition coefficient (Wildman–Crippen LogP) is 5.50. The molecule has 6 atom stereocenters. The Hall–Kier alpha value is -2.21. The van der Waals surface area contributed by atoms with Gasteiger partial charge in [-0.1, -0.05) is 39.3 Å². The summed E-state index contributed by atoms with van der Waals surface area (Å²) in [6, 6.07) is 8.93. The van der Waals surface area contributed by atoms with E-state index in [1.165, 1.54) is 25.7 Å². The molecule has 0 spiro atoms. The minimum Gasteiger partial charge on any atom is -0.476 e. The van der Waals surface area contributed by atoms with Crippen LogP contribution in [0.25, 0.3) is 11.0 Å². The number of carbonyl (C=O) groups is 1. The van der Waals surface area contributed by atoms with Gasteiger partial charge in [0, 0.05) is 24.2 Å². The second-order valence-electron chi connectivity index (χ2n) is 12.0. The number of carboxylic acid groups (broad SMARTS) is 1. The number of para-hydroxylation sites is 2.